The van der Waals surface area contributed by atoms with Crippen molar-refractivity contribution < 1.29 is 4.74 Å². The summed E-state index contributed by atoms with van der Waals surface area (Å²) in [5.74, 6) is 2.89. The minimum atomic E-state index is 0.316. The minimum absolute atomic E-state index is 0.316. The summed E-state index contributed by atoms with van der Waals surface area (Å²) in [5.41, 5.74) is 0. The number of rotatable bonds is 8. The predicted octanol–water partition coefficient (Wildman–Crippen LogP) is 2.48. The van der Waals surface area contributed by atoms with E-state index in [1.807, 2.05) is 13.0 Å². The van der Waals surface area contributed by atoms with Gasteiger partial charge < -0.3 is 15.4 Å². The van der Waals surface area contributed by atoms with E-state index in [0.29, 0.717) is 12.5 Å². The summed E-state index contributed by atoms with van der Waals surface area (Å²) in [6.45, 7) is 11.3. The molecule has 0 radical (unpaired) electrons. The molecule has 0 bridgehead atoms. The molecule has 0 aliphatic carbocycles. The Labute approximate surface area is 109 Å². The highest BCUT2D eigenvalue weighted by Crippen LogP contribution is 2.16. The highest BCUT2D eigenvalue weighted by atomic mass is 16.5. The molecule has 0 aliphatic rings. The third kappa shape index (κ3) is 4.87. The molecule has 0 saturated heterocycles. The highest BCUT2D eigenvalue weighted by molar-refractivity contribution is 5.47. The quantitative estimate of drug-likeness (QED) is 0.696. The van der Waals surface area contributed by atoms with Gasteiger partial charge in [-0.3, -0.25) is 0 Å². The fourth-order valence-corrected chi connectivity index (χ4v) is 1.48. The van der Waals surface area contributed by atoms with Gasteiger partial charge in [0.2, 0.25) is 0 Å². The lowest BCUT2D eigenvalue weighted by Crippen LogP contribution is -2.13. The number of anilines is 2. The van der Waals surface area contributed by atoms with Crippen LogP contribution in [0.4, 0.5) is 11.6 Å². The second-order valence-corrected chi connectivity index (χ2v) is 4.31. The van der Waals surface area contributed by atoms with E-state index in [0.717, 1.165) is 37.2 Å². The maximum absolute atomic E-state index is 5.29. The van der Waals surface area contributed by atoms with Crippen molar-refractivity contribution in [3.05, 3.63) is 11.9 Å². The van der Waals surface area contributed by atoms with Gasteiger partial charge in [0.1, 0.15) is 17.5 Å². The van der Waals surface area contributed by atoms with Crippen LogP contribution >= 0.6 is 0 Å². The maximum atomic E-state index is 5.29. The second kappa shape index (κ2) is 7.87. The summed E-state index contributed by atoms with van der Waals surface area (Å²) >= 11 is 0. The van der Waals surface area contributed by atoms with Gasteiger partial charge in [0.15, 0.2) is 0 Å². The van der Waals surface area contributed by atoms with Crippen LogP contribution in [0.3, 0.4) is 0 Å². The lowest BCUT2D eigenvalue weighted by atomic mass is 10.2. The van der Waals surface area contributed by atoms with E-state index in [-0.39, 0.29) is 0 Å². The molecule has 18 heavy (non-hydrogen) atoms. The molecule has 5 heteroatoms. The lowest BCUT2D eigenvalue weighted by molar-refractivity contribution is 0.158. The molecular formula is C13H24N4O. The van der Waals surface area contributed by atoms with E-state index in [2.05, 4.69) is 41.4 Å². The van der Waals surface area contributed by atoms with Gasteiger partial charge in [0.25, 0.3) is 0 Å². The average molecular weight is 252 g/mol. The summed E-state index contributed by atoms with van der Waals surface area (Å²) in [4.78, 5) is 8.97. The Morgan fingerprint density at radius 3 is 2.39 bits per heavy atom. The molecule has 0 atom stereocenters. The third-order valence-corrected chi connectivity index (χ3v) is 2.37. The minimum Gasteiger partial charge on any atom is -0.380 e. The number of aromatic nitrogens is 2. The molecule has 0 unspecified atom stereocenters. The summed E-state index contributed by atoms with van der Waals surface area (Å²) in [6.07, 6.45) is 0. The summed E-state index contributed by atoms with van der Waals surface area (Å²) in [6, 6.07) is 1.93. The molecule has 0 amide bonds. The van der Waals surface area contributed by atoms with E-state index in [4.69, 9.17) is 4.74 Å². The van der Waals surface area contributed by atoms with Crippen molar-refractivity contribution >= 4 is 11.6 Å². The molecule has 2 N–H and O–H groups in total. The zero-order chi connectivity index (χ0) is 13.4. The van der Waals surface area contributed by atoms with Crippen LogP contribution in [0.1, 0.15) is 39.4 Å². The first kappa shape index (κ1) is 14.7. The Morgan fingerprint density at radius 1 is 1.17 bits per heavy atom. The van der Waals surface area contributed by atoms with E-state index in [1.54, 1.807) is 0 Å². The number of hydrogen-bond acceptors (Lipinski definition) is 5. The van der Waals surface area contributed by atoms with Crippen LogP contribution in [0.15, 0.2) is 6.07 Å². The van der Waals surface area contributed by atoms with E-state index < -0.39 is 0 Å². The SMILES string of the molecule is CCNc1cc(NCCOCC)nc(C(C)C)n1. The monoisotopic (exact) mass is 252 g/mol. The number of ether oxygens (including phenoxy) is 1. The smallest absolute Gasteiger partial charge is 0.135 e. The van der Waals surface area contributed by atoms with Gasteiger partial charge in [0.05, 0.1) is 6.61 Å². The fourth-order valence-electron chi connectivity index (χ4n) is 1.48. The van der Waals surface area contributed by atoms with Gasteiger partial charge >= 0.3 is 0 Å². The highest BCUT2D eigenvalue weighted by Gasteiger charge is 2.07. The van der Waals surface area contributed by atoms with Crippen LogP contribution in [0.5, 0.6) is 0 Å². The largest absolute Gasteiger partial charge is 0.380 e. The molecule has 5 nitrogen and oxygen atoms in total. The summed E-state index contributed by atoms with van der Waals surface area (Å²) in [7, 11) is 0. The first-order valence-electron chi connectivity index (χ1n) is 6.61. The predicted molar refractivity (Wildman–Crippen MR) is 75.3 cm³/mol. The zero-order valence-electron chi connectivity index (χ0n) is 11.8. The summed E-state index contributed by atoms with van der Waals surface area (Å²) in [5, 5.41) is 6.48. The Kier molecular flexibility index (Phi) is 6.43. The van der Waals surface area contributed by atoms with Crippen molar-refractivity contribution in [3.8, 4) is 0 Å². The summed E-state index contributed by atoms with van der Waals surface area (Å²) < 4.78 is 5.29. The van der Waals surface area contributed by atoms with Gasteiger partial charge in [-0.2, -0.15) is 0 Å². The second-order valence-electron chi connectivity index (χ2n) is 4.31. The fraction of sp³-hybridized carbons (Fsp3) is 0.692. The molecule has 0 fully saturated rings. The zero-order valence-corrected chi connectivity index (χ0v) is 11.8. The topological polar surface area (TPSA) is 59.1 Å². The van der Waals surface area contributed by atoms with Crippen molar-refractivity contribution in [2.45, 2.75) is 33.6 Å². The van der Waals surface area contributed by atoms with Crippen LogP contribution < -0.4 is 10.6 Å². The Balaban J connectivity index is 2.69. The number of nitrogens with zero attached hydrogens (tertiary/aromatic N) is 2. The average Bonchev–Trinajstić information content (AvgIpc) is 2.35. The molecule has 0 aromatic carbocycles. The van der Waals surface area contributed by atoms with Gasteiger partial charge in [-0.05, 0) is 13.8 Å². The third-order valence-electron chi connectivity index (χ3n) is 2.37. The number of nitrogens with one attached hydrogen (secondary N) is 2. The van der Waals surface area contributed by atoms with Crippen molar-refractivity contribution in [2.75, 3.05) is 36.9 Å². The van der Waals surface area contributed by atoms with Gasteiger partial charge in [0, 0.05) is 31.7 Å². The van der Waals surface area contributed by atoms with Crippen molar-refractivity contribution in [3.63, 3.8) is 0 Å². The molecule has 0 spiro atoms. The first-order valence-corrected chi connectivity index (χ1v) is 6.61. The molecule has 0 saturated carbocycles. The van der Waals surface area contributed by atoms with Gasteiger partial charge in [-0.1, -0.05) is 13.8 Å². The van der Waals surface area contributed by atoms with Crippen LogP contribution in [-0.4, -0.2) is 36.3 Å². The Morgan fingerprint density at radius 2 is 1.83 bits per heavy atom. The van der Waals surface area contributed by atoms with Crippen molar-refractivity contribution in [1.82, 2.24) is 9.97 Å². The van der Waals surface area contributed by atoms with E-state index >= 15 is 0 Å². The van der Waals surface area contributed by atoms with Crippen molar-refractivity contribution in [2.24, 2.45) is 0 Å². The van der Waals surface area contributed by atoms with Crippen LogP contribution in [0.25, 0.3) is 0 Å². The lowest BCUT2D eigenvalue weighted by Gasteiger charge is -2.12. The molecular weight excluding hydrogens is 228 g/mol. The molecule has 1 aromatic rings. The maximum Gasteiger partial charge on any atom is 0.135 e. The molecule has 1 rings (SSSR count). The first-order chi connectivity index (χ1) is 8.67. The van der Waals surface area contributed by atoms with Crippen LogP contribution in [0.2, 0.25) is 0 Å². The molecule has 1 aromatic heterocycles. The van der Waals surface area contributed by atoms with Crippen LogP contribution in [-0.2, 0) is 4.74 Å². The van der Waals surface area contributed by atoms with E-state index in [1.165, 1.54) is 0 Å². The molecule has 1 heterocycles. The standard InChI is InChI=1S/C13H24N4O/c1-5-14-11-9-12(15-7-8-18-6-2)17-13(16-11)10(3)4/h9-10H,5-8H2,1-4H3,(H2,14,15,16,17). The normalized spacial score (nSPS) is 10.7. The molecule has 0 aliphatic heterocycles. The van der Waals surface area contributed by atoms with E-state index in [9.17, 15) is 0 Å². The van der Waals surface area contributed by atoms with Gasteiger partial charge in [-0.25, -0.2) is 9.97 Å². The molecule has 102 valence electrons. The van der Waals surface area contributed by atoms with Gasteiger partial charge in [-0.15, -0.1) is 0 Å². The number of hydrogen-bond donors (Lipinski definition) is 2. The van der Waals surface area contributed by atoms with Crippen molar-refractivity contribution in [1.29, 1.82) is 0 Å². The van der Waals surface area contributed by atoms with Crippen LogP contribution in [0, 0.1) is 0 Å². The Hall–Kier alpha value is -1.36. The Bertz CT molecular complexity index is 355.